The standard InChI is InChI=1S/C13H15N5O/c1-7-3-5-9(6-4-7)11-10(12(19)18-15)8(2)16-13(14)17-11/h3-6H,15H2,1-2H3,(H,18,19)(H2,14,16,17). The summed E-state index contributed by atoms with van der Waals surface area (Å²) in [7, 11) is 0. The van der Waals surface area contributed by atoms with Gasteiger partial charge < -0.3 is 5.73 Å². The lowest BCUT2D eigenvalue weighted by molar-refractivity contribution is 0.0953. The first-order valence-electron chi connectivity index (χ1n) is 5.75. The van der Waals surface area contributed by atoms with Gasteiger partial charge in [0.2, 0.25) is 5.95 Å². The predicted octanol–water partition coefficient (Wildman–Crippen LogP) is 0.946. The van der Waals surface area contributed by atoms with Crippen LogP contribution >= 0.6 is 0 Å². The number of amides is 1. The molecule has 1 heterocycles. The third-order valence-corrected chi connectivity index (χ3v) is 2.79. The van der Waals surface area contributed by atoms with Gasteiger partial charge in [-0.05, 0) is 13.8 Å². The molecule has 1 aromatic heterocycles. The number of nitrogens with two attached hydrogens (primary N) is 2. The summed E-state index contributed by atoms with van der Waals surface area (Å²) < 4.78 is 0. The summed E-state index contributed by atoms with van der Waals surface area (Å²) in [6, 6.07) is 7.63. The maximum atomic E-state index is 11.8. The molecule has 0 saturated heterocycles. The first-order valence-corrected chi connectivity index (χ1v) is 5.75. The minimum atomic E-state index is -0.437. The van der Waals surface area contributed by atoms with Crippen molar-refractivity contribution in [2.45, 2.75) is 13.8 Å². The summed E-state index contributed by atoms with van der Waals surface area (Å²) in [5, 5.41) is 0. The monoisotopic (exact) mass is 257 g/mol. The number of anilines is 1. The summed E-state index contributed by atoms with van der Waals surface area (Å²) in [6.45, 7) is 3.68. The number of benzene rings is 1. The van der Waals surface area contributed by atoms with E-state index in [1.54, 1.807) is 6.92 Å². The van der Waals surface area contributed by atoms with Gasteiger partial charge in [0.05, 0.1) is 17.0 Å². The lowest BCUT2D eigenvalue weighted by Crippen LogP contribution is -2.31. The molecule has 0 spiro atoms. The Bertz CT molecular complexity index is 622. The molecule has 0 saturated carbocycles. The van der Waals surface area contributed by atoms with Crippen LogP contribution in [0.1, 0.15) is 21.6 Å². The van der Waals surface area contributed by atoms with E-state index in [0.29, 0.717) is 17.0 Å². The SMILES string of the molecule is Cc1ccc(-c2nc(N)nc(C)c2C(=O)NN)cc1. The number of carbonyl (C=O) groups excluding carboxylic acids is 1. The van der Waals surface area contributed by atoms with Gasteiger partial charge in [0.15, 0.2) is 0 Å². The van der Waals surface area contributed by atoms with Gasteiger partial charge in [-0.15, -0.1) is 0 Å². The van der Waals surface area contributed by atoms with Crippen molar-refractivity contribution in [3.63, 3.8) is 0 Å². The number of hydrogen-bond donors (Lipinski definition) is 3. The maximum absolute atomic E-state index is 11.8. The highest BCUT2D eigenvalue weighted by Crippen LogP contribution is 2.24. The first kappa shape index (κ1) is 13.0. The van der Waals surface area contributed by atoms with E-state index in [0.717, 1.165) is 11.1 Å². The van der Waals surface area contributed by atoms with E-state index < -0.39 is 5.91 Å². The summed E-state index contributed by atoms with van der Waals surface area (Å²) in [5.74, 6) is 4.89. The smallest absolute Gasteiger partial charge is 0.269 e. The molecule has 0 atom stereocenters. The van der Waals surface area contributed by atoms with Gasteiger partial charge in [0, 0.05) is 5.56 Å². The number of nitrogen functional groups attached to an aromatic ring is 2. The molecule has 6 heteroatoms. The average molecular weight is 257 g/mol. The molecule has 0 aliphatic carbocycles. The Morgan fingerprint density at radius 3 is 2.37 bits per heavy atom. The van der Waals surface area contributed by atoms with E-state index in [1.165, 1.54) is 0 Å². The van der Waals surface area contributed by atoms with E-state index in [2.05, 4.69) is 15.4 Å². The maximum Gasteiger partial charge on any atom is 0.269 e. The van der Waals surface area contributed by atoms with Crippen LogP contribution in [-0.4, -0.2) is 15.9 Å². The number of hydrazine groups is 1. The van der Waals surface area contributed by atoms with Crippen LogP contribution in [0.2, 0.25) is 0 Å². The molecule has 2 rings (SSSR count). The topological polar surface area (TPSA) is 107 Å². The summed E-state index contributed by atoms with van der Waals surface area (Å²) in [4.78, 5) is 20.0. The third-order valence-electron chi connectivity index (χ3n) is 2.79. The van der Waals surface area contributed by atoms with Crippen LogP contribution < -0.4 is 17.0 Å². The minimum absolute atomic E-state index is 0.127. The number of hydrogen-bond acceptors (Lipinski definition) is 5. The lowest BCUT2D eigenvalue weighted by Gasteiger charge is -2.11. The number of carbonyl (C=O) groups is 1. The van der Waals surface area contributed by atoms with Gasteiger partial charge in [-0.2, -0.15) is 0 Å². The Morgan fingerprint density at radius 2 is 1.79 bits per heavy atom. The van der Waals surface area contributed by atoms with E-state index in [4.69, 9.17) is 11.6 Å². The van der Waals surface area contributed by atoms with E-state index in [9.17, 15) is 4.79 Å². The number of aryl methyl sites for hydroxylation is 2. The van der Waals surface area contributed by atoms with E-state index in [-0.39, 0.29) is 5.95 Å². The molecule has 1 aromatic carbocycles. The van der Waals surface area contributed by atoms with E-state index in [1.807, 2.05) is 31.2 Å². The van der Waals surface area contributed by atoms with Crippen molar-refractivity contribution in [2.24, 2.45) is 5.84 Å². The van der Waals surface area contributed by atoms with Crippen LogP contribution in [-0.2, 0) is 0 Å². The molecule has 0 fully saturated rings. The molecule has 5 N–H and O–H groups in total. The number of nitrogens with zero attached hydrogens (tertiary/aromatic N) is 2. The highest BCUT2D eigenvalue weighted by Gasteiger charge is 2.18. The molecule has 98 valence electrons. The van der Waals surface area contributed by atoms with Crippen LogP contribution in [0.25, 0.3) is 11.3 Å². The highest BCUT2D eigenvalue weighted by molar-refractivity contribution is 6.00. The second kappa shape index (κ2) is 5.03. The van der Waals surface area contributed by atoms with Gasteiger partial charge in [0.1, 0.15) is 0 Å². The summed E-state index contributed by atoms with van der Waals surface area (Å²) in [6.07, 6.45) is 0. The Kier molecular flexibility index (Phi) is 3.43. The van der Waals surface area contributed by atoms with Gasteiger partial charge >= 0.3 is 0 Å². The van der Waals surface area contributed by atoms with Crippen LogP contribution in [0.4, 0.5) is 5.95 Å². The van der Waals surface area contributed by atoms with Crippen molar-refractivity contribution in [3.8, 4) is 11.3 Å². The van der Waals surface area contributed by atoms with Crippen molar-refractivity contribution in [2.75, 3.05) is 5.73 Å². The first-order chi connectivity index (χ1) is 9.02. The fourth-order valence-corrected chi connectivity index (χ4v) is 1.86. The number of rotatable bonds is 2. The quantitative estimate of drug-likeness (QED) is 0.422. The van der Waals surface area contributed by atoms with Gasteiger partial charge in [-0.25, -0.2) is 15.8 Å². The zero-order chi connectivity index (χ0) is 14.0. The molecule has 1 amide bonds. The molecule has 0 radical (unpaired) electrons. The molecule has 6 nitrogen and oxygen atoms in total. The van der Waals surface area contributed by atoms with Crippen LogP contribution in [0.15, 0.2) is 24.3 Å². The van der Waals surface area contributed by atoms with Crippen LogP contribution in [0.5, 0.6) is 0 Å². The second-order valence-electron chi connectivity index (χ2n) is 4.23. The molecular weight excluding hydrogens is 242 g/mol. The van der Waals surface area contributed by atoms with Crippen molar-refractivity contribution >= 4 is 11.9 Å². The molecule has 2 aromatic rings. The number of aromatic nitrogens is 2. The third kappa shape index (κ3) is 2.53. The van der Waals surface area contributed by atoms with Gasteiger partial charge in [-0.3, -0.25) is 10.2 Å². The normalized spacial score (nSPS) is 10.3. The van der Waals surface area contributed by atoms with Gasteiger partial charge in [-0.1, -0.05) is 29.8 Å². The molecule has 0 bridgehead atoms. The number of nitrogens with one attached hydrogen (secondary N) is 1. The minimum Gasteiger partial charge on any atom is -0.368 e. The Hall–Kier alpha value is -2.47. The zero-order valence-corrected chi connectivity index (χ0v) is 10.8. The fraction of sp³-hybridized carbons (Fsp3) is 0.154. The Balaban J connectivity index is 2.67. The van der Waals surface area contributed by atoms with Crippen molar-refractivity contribution in [1.82, 2.24) is 15.4 Å². The largest absolute Gasteiger partial charge is 0.368 e. The second-order valence-corrected chi connectivity index (χ2v) is 4.23. The summed E-state index contributed by atoms with van der Waals surface area (Å²) in [5.41, 5.74) is 11.0. The predicted molar refractivity (Wildman–Crippen MR) is 73.0 cm³/mol. The van der Waals surface area contributed by atoms with Crippen LogP contribution in [0, 0.1) is 13.8 Å². The zero-order valence-electron chi connectivity index (χ0n) is 10.8. The van der Waals surface area contributed by atoms with Crippen molar-refractivity contribution in [3.05, 3.63) is 41.1 Å². The van der Waals surface area contributed by atoms with Crippen molar-refractivity contribution in [1.29, 1.82) is 0 Å². The lowest BCUT2D eigenvalue weighted by atomic mass is 10.0. The molecule has 0 aliphatic heterocycles. The molecular formula is C13H15N5O. The van der Waals surface area contributed by atoms with Gasteiger partial charge in [0.25, 0.3) is 5.91 Å². The molecule has 19 heavy (non-hydrogen) atoms. The Morgan fingerprint density at radius 1 is 1.16 bits per heavy atom. The Labute approximate surface area is 110 Å². The van der Waals surface area contributed by atoms with Crippen LogP contribution in [0.3, 0.4) is 0 Å². The fourth-order valence-electron chi connectivity index (χ4n) is 1.86. The highest BCUT2D eigenvalue weighted by atomic mass is 16.2. The summed E-state index contributed by atoms with van der Waals surface area (Å²) >= 11 is 0. The van der Waals surface area contributed by atoms with Crippen molar-refractivity contribution < 1.29 is 4.79 Å². The molecule has 0 unspecified atom stereocenters. The van der Waals surface area contributed by atoms with E-state index >= 15 is 0 Å². The average Bonchev–Trinajstić information content (AvgIpc) is 2.38. The molecule has 0 aliphatic rings.